The molecule has 1 amide bonds. The zero-order valence-electron chi connectivity index (χ0n) is 17.9. The molecule has 33 heavy (non-hydrogen) atoms. The number of hydrogen-bond acceptors (Lipinski definition) is 5. The minimum Gasteiger partial charge on any atom is -0.449 e. The van der Waals surface area contributed by atoms with E-state index in [0.29, 0.717) is 17.9 Å². The Morgan fingerprint density at radius 1 is 0.848 bits per heavy atom. The maximum absolute atomic E-state index is 12.1. The van der Waals surface area contributed by atoms with Crippen LogP contribution in [-0.2, 0) is 11.2 Å². The number of hydrogen-bond donors (Lipinski definition) is 3. The maximum atomic E-state index is 12.1. The van der Waals surface area contributed by atoms with Gasteiger partial charge in [-0.05, 0) is 65.5 Å². The summed E-state index contributed by atoms with van der Waals surface area (Å²) in [6, 6.07) is 29.0. The minimum atomic E-state index is -0.483. The monoisotopic (exact) mass is 456 g/mol. The summed E-state index contributed by atoms with van der Waals surface area (Å²) in [4.78, 5) is 17.5. The van der Waals surface area contributed by atoms with Crippen LogP contribution in [0, 0.1) is 0 Å². The number of ether oxygens (including phenoxy) is 1. The molecule has 0 fully saturated rings. The minimum absolute atomic E-state index is 0.277. The zero-order chi connectivity index (χ0) is 22.9. The first-order chi connectivity index (χ1) is 16.2. The van der Waals surface area contributed by atoms with E-state index in [9.17, 15) is 4.79 Å². The molecule has 0 saturated carbocycles. The molecule has 0 unspecified atom stereocenters. The molecule has 0 bridgehead atoms. The molecule has 0 atom stereocenters. The molecule has 166 valence electrons. The summed E-state index contributed by atoms with van der Waals surface area (Å²) in [5.41, 5.74) is 10.5. The van der Waals surface area contributed by atoms with E-state index in [1.54, 1.807) is 11.3 Å². The Hall–Kier alpha value is -4.10. The van der Waals surface area contributed by atoms with Crippen molar-refractivity contribution in [2.75, 3.05) is 17.2 Å². The van der Waals surface area contributed by atoms with E-state index in [1.807, 2.05) is 96.4 Å². The van der Waals surface area contributed by atoms with Crippen LogP contribution in [-0.4, -0.2) is 18.5 Å². The highest BCUT2D eigenvalue weighted by molar-refractivity contribution is 7.12. The lowest BCUT2D eigenvalue weighted by molar-refractivity contribution is 0.163. The standard InChI is InChI=1S/C26H24N4O2S/c27-25(24-7-4-18-33-24)29-22-10-8-19(9-11-22)16-17-32-26(31)30-23-14-12-21(13-15-23)28-20-5-2-1-3-6-20/h1-15,18,28H,16-17H2,(H2,27,29)(H,30,31). The van der Waals surface area contributed by atoms with Gasteiger partial charge in [-0.2, -0.15) is 0 Å². The molecule has 1 aromatic heterocycles. The van der Waals surface area contributed by atoms with Crippen LogP contribution in [0.2, 0.25) is 0 Å². The van der Waals surface area contributed by atoms with Gasteiger partial charge in [0, 0.05) is 23.5 Å². The second-order valence-corrected chi connectivity index (χ2v) is 8.17. The van der Waals surface area contributed by atoms with E-state index >= 15 is 0 Å². The summed E-state index contributed by atoms with van der Waals surface area (Å²) >= 11 is 1.56. The van der Waals surface area contributed by atoms with Gasteiger partial charge in [0.05, 0.1) is 17.2 Å². The molecule has 4 N–H and O–H groups in total. The van der Waals surface area contributed by atoms with Crippen LogP contribution >= 0.6 is 11.3 Å². The summed E-state index contributed by atoms with van der Waals surface area (Å²) in [6.07, 6.45) is 0.126. The van der Waals surface area contributed by atoms with Gasteiger partial charge in [0.1, 0.15) is 5.84 Å². The molecule has 0 radical (unpaired) electrons. The van der Waals surface area contributed by atoms with Crippen molar-refractivity contribution in [3.63, 3.8) is 0 Å². The fourth-order valence-corrected chi connectivity index (χ4v) is 3.72. The van der Waals surface area contributed by atoms with E-state index in [2.05, 4.69) is 15.6 Å². The van der Waals surface area contributed by atoms with E-state index in [4.69, 9.17) is 10.5 Å². The van der Waals surface area contributed by atoms with Crippen LogP contribution in [0.25, 0.3) is 0 Å². The summed E-state index contributed by atoms with van der Waals surface area (Å²) in [5.74, 6) is 0.502. The summed E-state index contributed by atoms with van der Waals surface area (Å²) < 4.78 is 5.31. The molecule has 0 saturated heterocycles. The van der Waals surface area contributed by atoms with E-state index in [0.717, 1.165) is 27.5 Å². The average Bonchev–Trinajstić information content (AvgIpc) is 3.38. The van der Waals surface area contributed by atoms with Gasteiger partial charge in [-0.3, -0.25) is 5.32 Å². The molecule has 4 rings (SSSR count). The highest BCUT2D eigenvalue weighted by Gasteiger charge is 2.05. The third kappa shape index (κ3) is 6.69. The van der Waals surface area contributed by atoms with Crippen LogP contribution in [0.5, 0.6) is 0 Å². The number of thiophene rings is 1. The highest BCUT2D eigenvalue weighted by Crippen LogP contribution is 2.19. The fourth-order valence-electron chi connectivity index (χ4n) is 3.10. The van der Waals surface area contributed by atoms with Crippen molar-refractivity contribution < 1.29 is 9.53 Å². The average molecular weight is 457 g/mol. The van der Waals surface area contributed by atoms with Crippen molar-refractivity contribution in [3.8, 4) is 0 Å². The number of aliphatic imine (C=N–C) groups is 1. The van der Waals surface area contributed by atoms with Gasteiger partial charge in [0.2, 0.25) is 0 Å². The Bertz CT molecular complexity index is 1190. The number of amides is 1. The molecule has 3 aromatic carbocycles. The first-order valence-electron chi connectivity index (χ1n) is 10.5. The lowest BCUT2D eigenvalue weighted by atomic mass is 10.1. The Morgan fingerprint density at radius 2 is 1.55 bits per heavy atom. The zero-order valence-corrected chi connectivity index (χ0v) is 18.7. The Balaban J connectivity index is 1.21. The fraction of sp³-hybridized carbons (Fsp3) is 0.0769. The molecule has 0 aliphatic carbocycles. The summed E-state index contributed by atoms with van der Waals surface area (Å²) in [6.45, 7) is 0.277. The number of nitrogens with two attached hydrogens (primary N) is 1. The predicted octanol–water partition coefficient (Wildman–Crippen LogP) is 6.32. The van der Waals surface area contributed by atoms with Gasteiger partial charge in [-0.15, -0.1) is 11.3 Å². The van der Waals surface area contributed by atoms with Crippen molar-refractivity contribution in [2.45, 2.75) is 6.42 Å². The van der Waals surface area contributed by atoms with Crippen LogP contribution in [0.15, 0.2) is 101 Å². The van der Waals surface area contributed by atoms with Crippen LogP contribution in [0.1, 0.15) is 10.4 Å². The number of nitrogens with zero attached hydrogens (tertiary/aromatic N) is 1. The number of carbonyl (C=O) groups excluding carboxylic acids is 1. The van der Waals surface area contributed by atoms with Crippen molar-refractivity contribution in [2.24, 2.45) is 10.7 Å². The second kappa shape index (κ2) is 11.0. The molecule has 0 spiro atoms. The predicted molar refractivity (Wildman–Crippen MR) is 136 cm³/mol. The number of rotatable bonds is 8. The van der Waals surface area contributed by atoms with Gasteiger partial charge in [0.25, 0.3) is 0 Å². The van der Waals surface area contributed by atoms with Gasteiger partial charge in [-0.25, -0.2) is 9.79 Å². The van der Waals surface area contributed by atoms with Gasteiger partial charge in [0.15, 0.2) is 0 Å². The molecule has 7 heteroatoms. The third-order valence-corrected chi connectivity index (χ3v) is 5.67. The Morgan fingerprint density at radius 3 is 2.24 bits per heavy atom. The number of para-hydroxylation sites is 1. The van der Waals surface area contributed by atoms with Gasteiger partial charge in [-0.1, -0.05) is 36.4 Å². The van der Waals surface area contributed by atoms with Gasteiger partial charge < -0.3 is 15.8 Å². The number of nitrogens with one attached hydrogen (secondary N) is 2. The topological polar surface area (TPSA) is 88.7 Å². The SMILES string of the molecule is NC(=Nc1ccc(CCOC(=O)Nc2ccc(Nc3ccccc3)cc2)cc1)c1cccs1. The number of carbonyl (C=O) groups is 1. The lowest BCUT2D eigenvalue weighted by Crippen LogP contribution is -2.15. The van der Waals surface area contributed by atoms with Crippen LogP contribution < -0.4 is 16.4 Å². The third-order valence-electron chi connectivity index (χ3n) is 4.78. The highest BCUT2D eigenvalue weighted by atomic mass is 32.1. The van der Waals surface area contributed by atoms with E-state index in [1.165, 1.54) is 0 Å². The Labute approximate surface area is 196 Å². The van der Waals surface area contributed by atoms with Gasteiger partial charge >= 0.3 is 6.09 Å². The summed E-state index contributed by atoms with van der Waals surface area (Å²) in [5, 5.41) is 8.01. The molecular weight excluding hydrogens is 432 g/mol. The number of benzene rings is 3. The van der Waals surface area contributed by atoms with Crippen molar-refractivity contribution in [1.29, 1.82) is 0 Å². The number of anilines is 3. The van der Waals surface area contributed by atoms with E-state index < -0.39 is 6.09 Å². The smallest absolute Gasteiger partial charge is 0.411 e. The normalized spacial score (nSPS) is 11.1. The lowest BCUT2D eigenvalue weighted by Gasteiger charge is -2.09. The first kappa shape index (κ1) is 22.1. The Kier molecular flexibility index (Phi) is 7.35. The van der Waals surface area contributed by atoms with Crippen molar-refractivity contribution in [1.82, 2.24) is 0 Å². The molecule has 6 nitrogen and oxygen atoms in total. The number of amidine groups is 1. The molecule has 4 aromatic rings. The molecule has 1 heterocycles. The van der Waals surface area contributed by atoms with Crippen LogP contribution in [0.4, 0.5) is 27.5 Å². The van der Waals surface area contributed by atoms with E-state index in [-0.39, 0.29) is 6.61 Å². The van der Waals surface area contributed by atoms with Crippen molar-refractivity contribution >= 4 is 46.0 Å². The molecule has 0 aliphatic rings. The maximum Gasteiger partial charge on any atom is 0.411 e. The molecular formula is C26H24N4O2S. The van der Waals surface area contributed by atoms with Crippen molar-refractivity contribution in [3.05, 3.63) is 107 Å². The first-order valence-corrected chi connectivity index (χ1v) is 11.4. The quantitative estimate of drug-likeness (QED) is 0.214. The largest absolute Gasteiger partial charge is 0.449 e. The second-order valence-electron chi connectivity index (χ2n) is 7.22. The van der Waals surface area contributed by atoms with Crippen LogP contribution in [0.3, 0.4) is 0 Å². The molecule has 0 aliphatic heterocycles. The summed E-state index contributed by atoms with van der Waals surface area (Å²) in [7, 11) is 0.